The molecule has 6 heteroatoms. The molecule has 0 saturated carbocycles. The van der Waals surface area contributed by atoms with E-state index in [1.807, 2.05) is 24.6 Å². The van der Waals surface area contributed by atoms with Gasteiger partial charge in [-0.05, 0) is 38.7 Å². The third-order valence-electron chi connectivity index (χ3n) is 3.82. The van der Waals surface area contributed by atoms with Crippen molar-refractivity contribution in [1.82, 2.24) is 14.7 Å². The van der Waals surface area contributed by atoms with Crippen molar-refractivity contribution in [2.45, 2.75) is 45.7 Å². The molecule has 1 fully saturated rings. The van der Waals surface area contributed by atoms with Gasteiger partial charge in [0.25, 0.3) is 0 Å². The Morgan fingerprint density at radius 1 is 1.40 bits per heavy atom. The first kappa shape index (κ1) is 14.6. The molecule has 6 nitrogen and oxygen atoms in total. The van der Waals surface area contributed by atoms with Gasteiger partial charge in [0.1, 0.15) is 0 Å². The second kappa shape index (κ2) is 5.64. The van der Waals surface area contributed by atoms with Gasteiger partial charge < -0.3 is 10.6 Å². The van der Waals surface area contributed by atoms with Crippen LogP contribution in [0.15, 0.2) is 12.3 Å². The van der Waals surface area contributed by atoms with E-state index in [2.05, 4.69) is 12.0 Å². The van der Waals surface area contributed by atoms with E-state index < -0.39 is 11.8 Å². The Labute approximate surface area is 118 Å². The lowest BCUT2D eigenvalue weighted by atomic mass is 9.92. The lowest BCUT2D eigenvalue weighted by molar-refractivity contribution is -0.147. The summed E-state index contributed by atoms with van der Waals surface area (Å²) in [4.78, 5) is 24.9. The summed E-state index contributed by atoms with van der Waals surface area (Å²) >= 11 is 0. The van der Waals surface area contributed by atoms with Crippen molar-refractivity contribution in [2.75, 3.05) is 6.54 Å². The van der Waals surface area contributed by atoms with Crippen LogP contribution in [0.5, 0.6) is 0 Å². The second-order valence-electron chi connectivity index (χ2n) is 5.81. The van der Waals surface area contributed by atoms with Gasteiger partial charge in [0.05, 0.1) is 11.7 Å². The average molecular weight is 278 g/mol. The molecule has 2 heterocycles. The molecule has 2 atom stereocenters. The third-order valence-corrected chi connectivity index (χ3v) is 3.82. The SMILES string of the molecule is CC1CCC(c2ccnn2C(C)C)N(C(=O)C(N)=O)C1. The molecule has 1 aromatic rings. The zero-order chi connectivity index (χ0) is 14.9. The minimum absolute atomic E-state index is 0.115. The number of aromatic nitrogens is 2. The highest BCUT2D eigenvalue weighted by molar-refractivity contribution is 6.34. The molecule has 1 aliphatic heterocycles. The van der Waals surface area contributed by atoms with E-state index >= 15 is 0 Å². The zero-order valence-electron chi connectivity index (χ0n) is 12.2. The molecule has 0 bridgehead atoms. The average Bonchev–Trinajstić information content (AvgIpc) is 2.86. The monoisotopic (exact) mass is 278 g/mol. The summed E-state index contributed by atoms with van der Waals surface area (Å²) in [6.45, 7) is 6.73. The van der Waals surface area contributed by atoms with Gasteiger partial charge in [0.2, 0.25) is 0 Å². The zero-order valence-corrected chi connectivity index (χ0v) is 12.2. The Kier molecular flexibility index (Phi) is 4.11. The van der Waals surface area contributed by atoms with Crippen molar-refractivity contribution >= 4 is 11.8 Å². The quantitative estimate of drug-likeness (QED) is 0.827. The fraction of sp³-hybridized carbons (Fsp3) is 0.643. The Morgan fingerprint density at radius 2 is 2.10 bits per heavy atom. The van der Waals surface area contributed by atoms with Crippen LogP contribution in [-0.4, -0.2) is 33.0 Å². The third kappa shape index (κ3) is 2.69. The van der Waals surface area contributed by atoms with Gasteiger partial charge in [-0.25, -0.2) is 0 Å². The van der Waals surface area contributed by atoms with Crippen molar-refractivity contribution in [3.63, 3.8) is 0 Å². The van der Waals surface area contributed by atoms with Gasteiger partial charge in [0.15, 0.2) is 0 Å². The highest BCUT2D eigenvalue weighted by atomic mass is 16.2. The van der Waals surface area contributed by atoms with Crippen LogP contribution >= 0.6 is 0 Å². The highest BCUT2D eigenvalue weighted by Gasteiger charge is 2.35. The predicted octanol–water partition coefficient (Wildman–Crippen LogP) is 1.25. The molecule has 1 saturated heterocycles. The number of primary amides is 1. The number of rotatable bonds is 2. The van der Waals surface area contributed by atoms with Crippen LogP contribution in [0.4, 0.5) is 0 Å². The summed E-state index contributed by atoms with van der Waals surface area (Å²) in [5.74, 6) is -1.11. The van der Waals surface area contributed by atoms with E-state index in [1.54, 1.807) is 11.1 Å². The van der Waals surface area contributed by atoms with Crippen molar-refractivity contribution in [1.29, 1.82) is 0 Å². The number of likely N-dealkylation sites (tertiary alicyclic amines) is 1. The van der Waals surface area contributed by atoms with Gasteiger partial charge in [-0.2, -0.15) is 5.10 Å². The number of amides is 2. The van der Waals surface area contributed by atoms with Crippen LogP contribution in [0.1, 0.15) is 51.4 Å². The summed E-state index contributed by atoms with van der Waals surface area (Å²) in [6.07, 6.45) is 3.59. The molecule has 1 aromatic heterocycles. The van der Waals surface area contributed by atoms with Gasteiger partial charge >= 0.3 is 11.8 Å². The van der Waals surface area contributed by atoms with Crippen molar-refractivity contribution < 1.29 is 9.59 Å². The van der Waals surface area contributed by atoms with Crippen LogP contribution in [0.3, 0.4) is 0 Å². The Balaban J connectivity index is 2.34. The van der Waals surface area contributed by atoms with E-state index in [0.29, 0.717) is 12.5 Å². The van der Waals surface area contributed by atoms with Gasteiger partial charge in [-0.15, -0.1) is 0 Å². The maximum Gasteiger partial charge on any atom is 0.312 e. The Morgan fingerprint density at radius 3 is 2.70 bits per heavy atom. The molecular weight excluding hydrogens is 256 g/mol. The second-order valence-corrected chi connectivity index (χ2v) is 5.81. The molecule has 20 heavy (non-hydrogen) atoms. The van der Waals surface area contributed by atoms with Crippen molar-refractivity contribution in [3.8, 4) is 0 Å². The molecule has 2 amide bonds. The number of nitrogens with zero attached hydrogens (tertiary/aromatic N) is 3. The normalized spacial score (nSPS) is 23.1. The first-order chi connectivity index (χ1) is 9.41. The minimum atomic E-state index is -0.889. The Bertz CT molecular complexity index is 509. The van der Waals surface area contributed by atoms with Gasteiger partial charge in [0, 0.05) is 18.8 Å². The fourth-order valence-electron chi connectivity index (χ4n) is 2.85. The topological polar surface area (TPSA) is 81.2 Å². The molecule has 0 radical (unpaired) electrons. The molecule has 0 spiro atoms. The van der Waals surface area contributed by atoms with E-state index in [9.17, 15) is 9.59 Å². The van der Waals surface area contributed by atoms with E-state index in [-0.39, 0.29) is 12.1 Å². The number of piperidine rings is 1. The van der Waals surface area contributed by atoms with Crippen molar-refractivity contribution in [2.24, 2.45) is 11.7 Å². The lowest BCUT2D eigenvalue weighted by Gasteiger charge is -2.38. The van der Waals surface area contributed by atoms with Crippen LogP contribution in [-0.2, 0) is 9.59 Å². The van der Waals surface area contributed by atoms with E-state index in [1.165, 1.54) is 0 Å². The molecule has 1 aliphatic rings. The fourth-order valence-corrected chi connectivity index (χ4v) is 2.85. The summed E-state index contributed by atoms with van der Waals surface area (Å²) in [5, 5.41) is 4.31. The van der Waals surface area contributed by atoms with Crippen LogP contribution in [0.25, 0.3) is 0 Å². The summed E-state index contributed by atoms with van der Waals surface area (Å²) < 4.78 is 1.90. The smallest absolute Gasteiger partial charge is 0.312 e. The molecule has 2 rings (SSSR count). The number of hydrogen-bond donors (Lipinski definition) is 1. The molecular formula is C14H22N4O2. The summed E-state index contributed by atoms with van der Waals surface area (Å²) in [5.41, 5.74) is 6.15. The van der Waals surface area contributed by atoms with Crippen LogP contribution in [0, 0.1) is 5.92 Å². The van der Waals surface area contributed by atoms with Crippen molar-refractivity contribution in [3.05, 3.63) is 18.0 Å². The highest BCUT2D eigenvalue weighted by Crippen LogP contribution is 2.34. The maximum absolute atomic E-state index is 12.1. The number of carbonyl (C=O) groups excluding carboxylic acids is 2. The summed E-state index contributed by atoms with van der Waals surface area (Å²) in [6, 6.07) is 2.02. The van der Waals surface area contributed by atoms with E-state index in [4.69, 9.17) is 5.73 Å². The van der Waals surface area contributed by atoms with E-state index in [0.717, 1.165) is 18.5 Å². The Hall–Kier alpha value is -1.85. The molecule has 110 valence electrons. The molecule has 0 aliphatic carbocycles. The van der Waals surface area contributed by atoms with Crippen LogP contribution < -0.4 is 5.73 Å². The minimum Gasteiger partial charge on any atom is -0.361 e. The predicted molar refractivity (Wildman–Crippen MR) is 74.7 cm³/mol. The van der Waals surface area contributed by atoms with Crippen LogP contribution in [0.2, 0.25) is 0 Å². The summed E-state index contributed by atoms with van der Waals surface area (Å²) in [7, 11) is 0. The molecule has 2 unspecified atom stereocenters. The van der Waals surface area contributed by atoms with Gasteiger partial charge in [-0.3, -0.25) is 14.3 Å². The maximum atomic E-state index is 12.1. The lowest BCUT2D eigenvalue weighted by Crippen LogP contribution is -2.47. The standard InChI is InChI=1S/C14H22N4O2/c1-9(2)18-12(6-7-16-18)11-5-4-10(3)8-17(11)14(20)13(15)19/h6-7,9-11H,4-5,8H2,1-3H3,(H2,15,19). The van der Waals surface area contributed by atoms with Gasteiger partial charge in [-0.1, -0.05) is 6.92 Å². The molecule has 0 aromatic carbocycles. The first-order valence-corrected chi connectivity index (χ1v) is 7.05. The number of hydrogen-bond acceptors (Lipinski definition) is 3. The number of nitrogens with two attached hydrogens (primary N) is 1. The first-order valence-electron chi connectivity index (χ1n) is 7.05. The molecule has 2 N–H and O–H groups in total. The largest absolute Gasteiger partial charge is 0.361 e. The number of carbonyl (C=O) groups is 2.